The van der Waals surface area contributed by atoms with Gasteiger partial charge in [0.2, 0.25) is 0 Å². The first-order valence-electron chi connectivity index (χ1n) is 7.89. The lowest BCUT2D eigenvalue weighted by molar-refractivity contribution is 0.190. The number of hydrogen-bond acceptors (Lipinski definition) is 3. The minimum atomic E-state index is -0.257. The fourth-order valence-electron chi connectivity index (χ4n) is 3.35. The summed E-state index contributed by atoms with van der Waals surface area (Å²) in [6.45, 7) is 4.63. The number of aromatic amines is 2. The van der Waals surface area contributed by atoms with Crippen molar-refractivity contribution in [2.75, 3.05) is 0 Å². The maximum Gasteiger partial charge on any atom is 0.259 e. The molecule has 5 heteroatoms. The lowest BCUT2D eigenvalue weighted by atomic mass is 9.72. The largest absolute Gasteiger partial charge is 0.507 e. The van der Waals surface area contributed by atoms with Gasteiger partial charge in [0, 0.05) is 23.5 Å². The van der Waals surface area contributed by atoms with Crippen LogP contribution in [-0.2, 0) is 6.42 Å². The van der Waals surface area contributed by atoms with Crippen molar-refractivity contribution in [2.24, 2.45) is 11.3 Å². The van der Waals surface area contributed by atoms with E-state index >= 15 is 0 Å². The predicted molar refractivity (Wildman–Crippen MR) is 85.8 cm³/mol. The van der Waals surface area contributed by atoms with E-state index in [-0.39, 0.29) is 16.9 Å². The molecule has 2 aromatic rings. The third-order valence-electron chi connectivity index (χ3n) is 4.82. The molecular formula is C17H23N3O2. The summed E-state index contributed by atoms with van der Waals surface area (Å²) in [5, 5.41) is 16.7. The van der Waals surface area contributed by atoms with Gasteiger partial charge in [0.1, 0.15) is 5.75 Å². The number of rotatable bonds is 3. The lowest BCUT2D eigenvalue weighted by Gasteiger charge is -2.34. The lowest BCUT2D eigenvalue weighted by Crippen LogP contribution is -2.23. The molecule has 0 saturated heterocycles. The maximum absolute atomic E-state index is 12.2. The van der Waals surface area contributed by atoms with Crippen molar-refractivity contribution in [2.45, 2.75) is 46.0 Å². The molecule has 0 atom stereocenters. The second-order valence-electron chi connectivity index (χ2n) is 7.18. The van der Waals surface area contributed by atoms with E-state index in [4.69, 9.17) is 0 Å². The smallest absolute Gasteiger partial charge is 0.259 e. The Hall–Kier alpha value is -2.04. The van der Waals surface area contributed by atoms with Gasteiger partial charge in [0.15, 0.2) is 0 Å². The fourth-order valence-corrected chi connectivity index (χ4v) is 3.35. The summed E-state index contributed by atoms with van der Waals surface area (Å²) in [7, 11) is 0. The first-order chi connectivity index (χ1) is 10.4. The predicted octanol–water partition coefficient (Wildman–Crippen LogP) is 3.23. The van der Waals surface area contributed by atoms with E-state index in [1.165, 1.54) is 31.9 Å². The van der Waals surface area contributed by atoms with Gasteiger partial charge < -0.3 is 10.1 Å². The summed E-state index contributed by atoms with van der Waals surface area (Å²) in [6, 6.07) is 1.68. The fraction of sp³-hybridized carbons (Fsp3) is 0.529. The van der Waals surface area contributed by atoms with Crippen LogP contribution in [0.3, 0.4) is 0 Å². The topological polar surface area (TPSA) is 81.8 Å². The molecule has 5 nitrogen and oxygen atoms in total. The molecule has 1 aliphatic rings. The molecule has 0 spiro atoms. The van der Waals surface area contributed by atoms with Crippen LogP contribution in [0.25, 0.3) is 11.1 Å². The van der Waals surface area contributed by atoms with Crippen molar-refractivity contribution < 1.29 is 5.11 Å². The van der Waals surface area contributed by atoms with Gasteiger partial charge in [0.25, 0.3) is 5.56 Å². The highest BCUT2D eigenvalue weighted by Crippen LogP contribution is 2.39. The Morgan fingerprint density at radius 1 is 1.36 bits per heavy atom. The number of nitrogens with one attached hydrogen (secondary N) is 2. The van der Waals surface area contributed by atoms with Crippen LogP contribution in [-0.4, -0.2) is 20.3 Å². The minimum Gasteiger partial charge on any atom is -0.507 e. The van der Waals surface area contributed by atoms with E-state index in [0.29, 0.717) is 16.9 Å². The highest BCUT2D eigenvalue weighted by molar-refractivity contribution is 5.67. The Kier molecular flexibility index (Phi) is 3.81. The number of H-pyrrole nitrogens is 2. The van der Waals surface area contributed by atoms with E-state index in [1.54, 1.807) is 12.3 Å². The number of hydrogen-bond donors (Lipinski definition) is 3. The molecular weight excluding hydrogens is 278 g/mol. The standard InChI is InChI=1S/C17H23N3O2/c1-17(2)5-3-11(4-6-17)7-13-8-14(21)15(16(22)20-13)12-9-18-19-10-12/h8-11H,3-7H2,1-2H3,(H,18,19)(H2,20,21,22). The second-order valence-corrected chi connectivity index (χ2v) is 7.18. The quantitative estimate of drug-likeness (QED) is 0.814. The Morgan fingerprint density at radius 2 is 2.09 bits per heavy atom. The van der Waals surface area contributed by atoms with Gasteiger partial charge in [-0.1, -0.05) is 13.8 Å². The van der Waals surface area contributed by atoms with Crippen molar-refractivity contribution in [3.63, 3.8) is 0 Å². The Bertz CT molecular complexity index is 691. The summed E-state index contributed by atoms with van der Waals surface area (Å²) in [6.07, 6.45) is 8.77. The van der Waals surface area contributed by atoms with Gasteiger partial charge in [-0.05, 0) is 43.4 Å². The zero-order valence-electron chi connectivity index (χ0n) is 13.1. The number of pyridine rings is 1. The van der Waals surface area contributed by atoms with Crippen LogP contribution in [0.15, 0.2) is 23.3 Å². The summed E-state index contributed by atoms with van der Waals surface area (Å²) in [4.78, 5) is 15.2. The molecule has 118 valence electrons. The molecule has 0 radical (unpaired) electrons. The van der Waals surface area contributed by atoms with E-state index < -0.39 is 0 Å². The Morgan fingerprint density at radius 3 is 2.68 bits per heavy atom. The maximum atomic E-state index is 12.2. The van der Waals surface area contributed by atoms with Gasteiger partial charge in [-0.15, -0.1) is 0 Å². The zero-order chi connectivity index (χ0) is 15.7. The molecule has 2 heterocycles. The van der Waals surface area contributed by atoms with Gasteiger partial charge >= 0.3 is 0 Å². The molecule has 3 rings (SSSR count). The summed E-state index contributed by atoms with van der Waals surface area (Å²) in [5.74, 6) is 0.610. The molecule has 0 amide bonds. The number of aromatic hydroxyl groups is 1. The average molecular weight is 301 g/mol. The van der Waals surface area contributed by atoms with Crippen molar-refractivity contribution in [1.29, 1.82) is 0 Å². The number of aromatic nitrogens is 3. The highest BCUT2D eigenvalue weighted by Gasteiger charge is 2.27. The third kappa shape index (κ3) is 3.08. The summed E-state index contributed by atoms with van der Waals surface area (Å²) in [5.41, 5.74) is 1.89. The van der Waals surface area contributed by atoms with Crippen LogP contribution >= 0.6 is 0 Å². The third-order valence-corrected chi connectivity index (χ3v) is 4.82. The molecule has 1 fully saturated rings. The van der Waals surface area contributed by atoms with Crippen molar-refractivity contribution in [3.8, 4) is 16.9 Å². The first-order valence-corrected chi connectivity index (χ1v) is 7.89. The highest BCUT2D eigenvalue weighted by atomic mass is 16.3. The van der Waals surface area contributed by atoms with Crippen molar-refractivity contribution in [3.05, 3.63) is 34.5 Å². The molecule has 0 bridgehead atoms. The first kappa shape index (κ1) is 14.9. The molecule has 22 heavy (non-hydrogen) atoms. The molecule has 1 saturated carbocycles. The van der Waals surface area contributed by atoms with Gasteiger partial charge in [0.05, 0.1) is 11.8 Å². The molecule has 2 aromatic heterocycles. The minimum absolute atomic E-state index is 0.0243. The zero-order valence-corrected chi connectivity index (χ0v) is 13.1. The summed E-state index contributed by atoms with van der Waals surface area (Å²) >= 11 is 0. The molecule has 0 unspecified atom stereocenters. The van der Waals surface area contributed by atoms with Crippen LogP contribution in [0.2, 0.25) is 0 Å². The van der Waals surface area contributed by atoms with Crippen LogP contribution in [0, 0.1) is 11.3 Å². The van der Waals surface area contributed by atoms with E-state index in [0.717, 1.165) is 12.1 Å². The van der Waals surface area contributed by atoms with Gasteiger partial charge in [-0.2, -0.15) is 5.10 Å². The van der Waals surface area contributed by atoms with Crippen LogP contribution in [0.1, 0.15) is 45.2 Å². The molecule has 0 aliphatic heterocycles. The Balaban J connectivity index is 1.78. The molecule has 1 aliphatic carbocycles. The second kappa shape index (κ2) is 5.63. The SMILES string of the molecule is CC1(C)CCC(Cc2cc(O)c(-c3cn[nH]c3)c(=O)[nH]2)CC1. The van der Waals surface area contributed by atoms with E-state index in [2.05, 4.69) is 29.0 Å². The molecule has 3 N–H and O–H groups in total. The van der Waals surface area contributed by atoms with Crippen LogP contribution in [0.5, 0.6) is 5.75 Å². The van der Waals surface area contributed by atoms with E-state index in [9.17, 15) is 9.90 Å². The monoisotopic (exact) mass is 301 g/mol. The molecule has 0 aromatic carbocycles. The normalized spacial score (nSPS) is 18.5. The van der Waals surface area contributed by atoms with Crippen LogP contribution < -0.4 is 5.56 Å². The van der Waals surface area contributed by atoms with E-state index in [1.807, 2.05) is 0 Å². The summed E-state index contributed by atoms with van der Waals surface area (Å²) < 4.78 is 0. The van der Waals surface area contributed by atoms with Crippen LogP contribution in [0.4, 0.5) is 0 Å². The van der Waals surface area contributed by atoms with Gasteiger partial charge in [-0.3, -0.25) is 9.89 Å². The van der Waals surface area contributed by atoms with Crippen molar-refractivity contribution >= 4 is 0 Å². The van der Waals surface area contributed by atoms with Gasteiger partial charge in [-0.25, -0.2) is 0 Å². The van der Waals surface area contributed by atoms with Crippen molar-refractivity contribution in [1.82, 2.24) is 15.2 Å². The Labute approximate surface area is 129 Å². The average Bonchev–Trinajstić information content (AvgIpc) is 2.94. The number of nitrogens with zero attached hydrogens (tertiary/aromatic N) is 1.